The van der Waals surface area contributed by atoms with Crippen LogP contribution in [0.4, 0.5) is 4.79 Å². The van der Waals surface area contributed by atoms with Gasteiger partial charge < -0.3 is 71.8 Å². The monoisotopic (exact) mass is 746 g/mol. The summed E-state index contributed by atoms with van der Waals surface area (Å²) in [6, 6.07) is 6.86. The quantitative estimate of drug-likeness (QED) is 0.295. The minimum Gasteiger partial charge on any atom is -0.493 e. The van der Waals surface area contributed by atoms with E-state index in [2.05, 4.69) is 0 Å². The second-order valence-electron chi connectivity index (χ2n) is 14.1. The van der Waals surface area contributed by atoms with Crippen molar-refractivity contribution >= 4 is 12.1 Å². The highest BCUT2D eigenvalue weighted by Crippen LogP contribution is 2.57. The first kappa shape index (κ1) is 36.1. The zero-order valence-corrected chi connectivity index (χ0v) is 29.7. The SMILES string of the molecule is COc1cc([C@@H]2c3cc4c(cc3C(OC3OC5COC(C)OC5C(O)C3O)C3COC(=O)[C@@H]32)OCO4)cc(OC)c1OC(=O)OCC1COC(C)(C)O1. The van der Waals surface area contributed by atoms with Gasteiger partial charge in [-0.25, -0.2) is 4.79 Å². The average Bonchev–Trinajstić information content (AvgIpc) is 3.86. The zero-order chi connectivity index (χ0) is 37.2. The Hall–Kier alpha value is -3.94. The van der Waals surface area contributed by atoms with E-state index < -0.39 is 84.9 Å². The van der Waals surface area contributed by atoms with Crippen LogP contribution in [0.15, 0.2) is 24.3 Å². The van der Waals surface area contributed by atoms with Crippen LogP contribution < -0.4 is 23.7 Å². The van der Waals surface area contributed by atoms with Gasteiger partial charge in [0, 0.05) is 11.8 Å². The molecule has 0 aromatic heterocycles. The Morgan fingerprint density at radius 1 is 0.925 bits per heavy atom. The van der Waals surface area contributed by atoms with Crippen molar-refractivity contribution in [3.05, 3.63) is 41.0 Å². The van der Waals surface area contributed by atoms with Crippen LogP contribution >= 0.6 is 0 Å². The molecule has 0 amide bonds. The van der Waals surface area contributed by atoms with Crippen molar-refractivity contribution in [2.45, 2.75) is 81.7 Å². The number of ether oxygens (including phenoxy) is 13. The fraction of sp³-hybridized carbons (Fsp3) is 0.611. The number of fused-ring (bicyclic) bond motifs is 4. The van der Waals surface area contributed by atoms with Crippen LogP contribution in [-0.2, 0) is 42.7 Å². The molecule has 288 valence electrons. The molecule has 17 nitrogen and oxygen atoms in total. The predicted molar refractivity (Wildman–Crippen MR) is 174 cm³/mol. The standard InChI is InChI=1S/C36H42O17/c1-15-43-13-25-32(49-15)28(37)29(38)34(50-25)51-30-19-9-22-21(46-14-47-22)8-18(19)26(27-20(30)12-44-33(27)39)16-6-23(41-4)31(24(7-16)42-5)52-35(40)45-10-17-11-48-36(2,3)53-17/h6-9,15,17,20,25-30,32,34,37-38H,10-14H2,1-5H3/t15?,17?,20?,25?,26-,27+,28?,29?,30?,32?,34?/m1/s1. The van der Waals surface area contributed by atoms with Gasteiger partial charge in [0.1, 0.15) is 37.1 Å². The van der Waals surface area contributed by atoms with E-state index in [4.69, 9.17) is 61.6 Å². The third-order valence-electron chi connectivity index (χ3n) is 10.4. The predicted octanol–water partition coefficient (Wildman–Crippen LogP) is 2.30. The van der Waals surface area contributed by atoms with Gasteiger partial charge in [0.2, 0.25) is 12.5 Å². The van der Waals surface area contributed by atoms with Crippen LogP contribution in [0.1, 0.15) is 49.5 Å². The van der Waals surface area contributed by atoms with Crippen LogP contribution in [0.3, 0.4) is 0 Å². The van der Waals surface area contributed by atoms with E-state index in [0.29, 0.717) is 28.2 Å². The molecule has 8 rings (SSSR count). The normalized spacial score (nSPS) is 35.1. The van der Waals surface area contributed by atoms with Crippen LogP contribution in [0.25, 0.3) is 0 Å². The summed E-state index contributed by atoms with van der Waals surface area (Å²) >= 11 is 0. The van der Waals surface area contributed by atoms with Gasteiger partial charge in [0.15, 0.2) is 41.4 Å². The van der Waals surface area contributed by atoms with Gasteiger partial charge >= 0.3 is 12.1 Å². The minimum atomic E-state index is -1.48. The first-order valence-electron chi connectivity index (χ1n) is 17.4. The van der Waals surface area contributed by atoms with Gasteiger partial charge in [-0.1, -0.05) is 0 Å². The summed E-state index contributed by atoms with van der Waals surface area (Å²) in [6.45, 7) is 5.48. The highest BCUT2D eigenvalue weighted by molar-refractivity contribution is 5.79. The van der Waals surface area contributed by atoms with E-state index in [1.165, 1.54) is 14.2 Å². The molecule has 11 atom stereocenters. The zero-order valence-electron chi connectivity index (χ0n) is 29.7. The lowest BCUT2D eigenvalue weighted by molar-refractivity contribution is -0.364. The lowest BCUT2D eigenvalue weighted by Crippen LogP contribution is -2.63. The summed E-state index contributed by atoms with van der Waals surface area (Å²) in [6.07, 6.45) is -8.57. The third kappa shape index (κ3) is 6.62. The molecule has 17 heteroatoms. The molecule has 2 N–H and O–H groups in total. The summed E-state index contributed by atoms with van der Waals surface area (Å²) in [7, 11) is 2.81. The molecule has 9 unspecified atom stereocenters. The lowest BCUT2D eigenvalue weighted by Gasteiger charge is -2.47. The van der Waals surface area contributed by atoms with Gasteiger partial charge in [-0.05, 0) is 61.7 Å². The number of methoxy groups -OCH3 is 2. The summed E-state index contributed by atoms with van der Waals surface area (Å²) < 4.78 is 74.6. The van der Waals surface area contributed by atoms with E-state index >= 15 is 0 Å². The summed E-state index contributed by atoms with van der Waals surface area (Å²) in [5, 5.41) is 22.2. The smallest absolute Gasteiger partial charge is 0.493 e. The third-order valence-corrected chi connectivity index (χ3v) is 10.4. The fourth-order valence-corrected chi connectivity index (χ4v) is 7.94. The van der Waals surface area contributed by atoms with Crippen molar-refractivity contribution in [2.75, 3.05) is 47.4 Å². The maximum Gasteiger partial charge on any atom is 0.514 e. The molecule has 2 aromatic carbocycles. The first-order valence-corrected chi connectivity index (χ1v) is 17.4. The molecule has 53 heavy (non-hydrogen) atoms. The molecule has 4 saturated heterocycles. The van der Waals surface area contributed by atoms with Crippen molar-refractivity contribution in [2.24, 2.45) is 11.8 Å². The number of carbonyl (C=O) groups is 2. The van der Waals surface area contributed by atoms with Crippen LogP contribution in [0.2, 0.25) is 0 Å². The highest BCUT2D eigenvalue weighted by Gasteiger charge is 2.56. The number of aliphatic hydroxyl groups excluding tert-OH is 2. The van der Waals surface area contributed by atoms with Gasteiger partial charge in [-0.2, -0.15) is 0 Å². The van der Waals surface area contributed by atoms with E-state index in [9.17, 15) is 19.8 Å². The van der Waals surface area contributed by atoms with Crippen LogP contribution in [0.5, 0.6) is 28.7 Å². The molecule has 0 radical (unpaired) electrons. The average molecular weight is 747 g/mol. The molecular weight excluding hydrogens is 704 g/mol. The van der Waals surface area contributed by atoms with Crippen molar-refractivity contribution in [3.8, 4) is 28.7 Å². The fourth-order valence-electron chi connectivity index (χ4n) is 7.94. The molecular formula is C36H42O17. The largest absolute Gasteiger partial charge is 0.514 e. The van der Waals surface area contributed by atoms with Crippen molar-refractivity contribution in [1.82, 2.24) is 0 Å². The summed E-state index contributed by atoms with van der Waals surface area (Å²) in [4.78, 5) is 26.5. The molecule has 4 fully saturated rings. The number of aliphatic hydroxyl groups is 2. The topological polar surface area (TPSA) is 195 Å². The number of benzene rings is 2. The second kappa shape index (κ2) is 14.0. The molecule has 2 aromatic rings. The number of carbonyl (C=O) groups excluding carboxylic acids is 2. The Bertz CT molecular complexity index is 1700. The highest BCUT2D eigenvalue weighted by atomic mass is 16.8. The molecule has 5 aliphatic heterocycles. The molecule has 5 heterocycles. The van der Waals surface area contributed by atoms with Crippen molar-refractivity contribution < 1.29 is 81.4 Å². The van der Waals surface area contributed by atoms with Crippen molar-refractivity contribution in [3.63, 3.8) is 0 Å². The summed E-state index contributed by atoms with van der Waals surface area (Å²) in [5.74, 6) is -2.17. The van der Waals surface area contributed by atoms with Gasteiger partial charge in [-0.15, -0.1) is 0 Å². The first-order chi connectivity index (χ1) is 25.4. The van der Waals surface area contributed by atoms with Crippen LogP contribution in [-0.4, -0.2) is 119 Å². The Labute approximate surface area is 304 Å². The molecule has 0 saturated carbocycles. The number of rotatable bonds is 8. The number of hydrogen-bond donors (Lipinski definition) is 2. The second-order valence-corrected chi connectivity index (χ2v) is 14.1. The number of hydrogen-bond acceptors (Lipinski definition) is 17. The Balaban J connectivity index is 1.12. The Kier molecular flexibility index (Phi) is 9.55. The maximum atomic E-state index is 13.7. The van der Waals surface area contributed by atoms with Crippen molar-refractivity contribution in [1.29, 1.82) is 0 Å². The molecule has 0 bridgehead atoms. The van der Waals surface area contributed by atoms with E-state index in [1.807, 2.05) is 0 Å². The van der Waals surface area contributed by atoms with Gasteiger partial charge in [-0.3, -0.25) is 4.79 Å². The lowest BCUT2D eigenvalue weighted by atomic mass is 9.66. The molecule has 0 spiro atoms. The molecule has 6 aliphatic rings. The molecule has 1 aliphatic carbocycles. The maximum absolute atomic E-state index is 13.7. The van der Waals surface area contributed by atoms with E-state index in [0.717, 1.165) is 0 Å². The summed E-state index contributed by atoms with van der Waals surface area (Å²) in [5.41, 5.74) is 1.84. The Morgan fingerprint density at radius 2 is 1.64 bits per heavy atom. The van der Waals surface area contributed by atoms with Crippen LogP contribution in [0, 0.1) is 11.8 Å². The number of esters is 1. The number of cyclic esters (lactones) is 1. The minimum absolute atomic E-state index is 0.00601. The van der Waals surface area contributed by atoms with E-state index in [-0.39, 0.29) is 50.5 Å². The Morgan fingerprint density at radius 3 is 2.32 bits per heavy atom. The van der Waals surface area contributed by atoms with Gasteiger partial charge in [0.05, 0.1) is 46.1 Å². The van der Waals surface area contributed by atoms with E-state index in [1.54, 1.807) is 45.0 Å². The van der Waals surface area contributed by atoms with Gasteiger partial charge in [0.25, 0.3) is 0 Å².